The largest absolute Gasteiger partial charge is 0.464 e. The van der Waals surface area contributed by atoms with Gasteiger partial charge in [0, 0.05) is 0 Å². The molecule has 2 amide bonds. The van der Waals surface area contributed by atoms with Gasteiger partial charge in [0.25, 0.3) is 0 Å². The van der Waals surface area contributed by atoms with Crippen LogP contribution in [-0.4, -0.2) is 36.4 Å². The fourth-order valence-corrected chi connectivity index (χ4v) is 0.519. The first-order valence-corrected chi connectivity index (χ1v) is 3.46. The molecule has 0 aliphatic rings. The van der Waals surface area contributed by atoms with Gasteiger partial charge in [0.05, 0.1) is 13.2 Å². The third-order valence-corrected chi connectivity index (χ3v) is 1.03. The average molecular weight is 176 g/mol. The van der Waals surface area contributed by atoms with Crippen molar-refractivity contribution in [2.24, 2.45) is 5.73 Å². The Morgan fingerprint density at radius 2 is 2.25 bits per heavy atom. The second-order valence-corrected chi connectivity index (χ2v) is 2.01. The number of carbonyl (C=O) groups is 2. The van der Waals surface area contributed by atoms with E-state index in [1.165, 1.54) is 0 Å². The summed E-state index contributed by atoms with van der Waals surface area (Å²) in [6, 6.07) is -0.793. The fourth-order valence-electron chi connectivity index (χ4n) is 0.519. The molecule has 0 radical (unpaired) electrons. The van der Waals surface area contributed by atoms with E-state index >= 15 is 0 Å². The molecule has 4 N–H and O–H groups in total. The van der Waals surface area contributed by atoms with Gasteiger partial charge in [-0.05, 0) is 6.92 Å². The summed E-state index contributed by atoms with van der Waals surface area (Å²) >= 11 is 0. The Bertz CT molecular complexity index is 171. The summed E-state index contributed by atoms with van der Waals surface area (Å²) < 4.78 is 4.45. The Morgan fingerprint density at radius 1 is 1.67 bits per heavy atom. The van der Waals surface area contributed by atoms with Crippen molar-refractivity contribution in [2.45, 2.75) is 13.0 Å². The third-order valence-electron chi connectivity index (χ3n) is 1.03. The van der Waals surface area contributed by atoms with E-state index in [1.54, 1.807) is 6.92 Å². The highest BCUT2D eigenvalue weighted by atomic mass is 16.5. The smallest absolute Gasteiger partial charge is 0.336 e. The van der Waals surface area contributed by atoms with Crippen LogP contribution in [0, 0.1) is 0 Å². The Labute approximate surface area is 69.7 Å². The second-order valence-electron chi connectivity index (χ2n) is 2.01. The molecular weight excluding hydrogens is 164 g/mol. The molecular formula is C6H12N2O4. The number of esters is 1. The summed E-state index contributed by atoms with van der Waals surface area (Å²) in [6.45, 7) is 1.58. The van der Waals surface area contributed by atoms with Crippen molar-refractivity contribution in [3.8, 4) is 0 Å². The van der Waals surface area contributed by atoms with E-state index in [4.69, 9.17) is 10.8 Å². The summed E-state index contributed by atoms with van der Waals surface area (Å²) in [5.74, 6) is -0.772. The number of carbonyl (C=O) groups excluding carboxylic acids is 2. The number of ether oxygens (including phenoxy) is 1. The first-order valence-electron chi connectivity index (χ1n) is 3.46. The van der Waals surface area contributed by atoms with Gasteiger partial charge >= 0.3 is 12.0 Å². The summed E-state index contributed by atoms with van der Waals surface area (Å²) in [5, 5.41) is 11.0. The number of nitrogens with two attached hydrogens (primary N) is 1. The van der Waals surface area contributed by atoms with Crippen molar-refractivity contribution in [2.75, 3.05) is 13.2 Å². The first-order chi connectivity index (χ1) is 5.57. The molecule has 0 aromatic carbocycles. The van der Waals surface area contributed by atoms with E-state index in [9.17, 15) is 9.59 Å². The molecule has 12 heavy (non-hydrogen) atoms. The lowest BCUT2D eigenvalue weighted by Crippen LogP contribution is -2.39. The minimum atomic E-state index is -1.35. The summed E-state index contributed by atoms with van der Waals surface area (Å²) in [7, 11) is 0. The SMILES string of the molecule is CCOC(=O)C(O)CNC(N)=O. The zero-order chi connectivity index (χ0) is 9.56. The molecule has 1 unspecified atom stereocenters. The molecule has 1 atom stereocenters. The molecule has 0 aromatic rings. The number of hydrogen-bond donors (Lipinski definition) is 3. The highest BCUT2D eigenvalue weighted by molar-refractivity contribution is 5.76. The minimum absolute atomic E-state index is 0.187. The number of aliphatic hydroxyl groups excluding tert-OH is 1. The zero-order valence-corrected chi connectivity index (χ0v) is 6.74. The number of urea groups is 1. The van der Waals surface area contributed by atoms with Crippen LogP contribution in [0.4, 0.5) is 4.79 Å². The molecule has 0 aliphatic heterocycles. The van der Waals surface area contributed by atoms with Crippen LogP contribution in [0.2, 0.25) is 0 Å². The van der Waals surface area contributed by atoms with Crippen LogP contribution in [0.15, 0.2) is 0 Å². The molecule has 70 valence electrons. The maximum absolute atomic E-state index is 10.7. The van der Waals surface area contributed by atoms with Crippen molar-refractivity contribution in [1.82, 2.24) is 5.32 Å². The fraction of sp³-hybridized carbons (Fsp3) is 0.667. The summed E-state index contributed by atoms with van der Waals surface area (Å²) in [5.41, 5.74) is 4.70. The van der Waals surface area contributed by atoms with E-state index < -0.39 is 18.1 Å². The molecule has 0 saturated heterocycles. The normalized spacial score (nSPS) is 11.8. The van der Waals surface area contributed by atoms with Crippen LogP contribution in [0.3, 0.4) is 0 Å². The van der Waals surface area contributed by atoms with Gasteiger partial charge in [-0.1, -0.05) is 0 Å². The van der Waals surface area contributed by atoms with Gasteiger partial charge in [-0.3, -0.25) is 0 Å². The van der Waals surface area contributed by atoms with Crippen LogP contribution >= 0.6 is 0 Å². The van der Waals surface area contributed by atoms with E-state index in [2.05, 4.69) is 10.1 Å². The molecule has 0 aliphatic carbocycles. The van der Waals surface area contributed by atoms with E-state index in [-0.39, 0.29) is 13.2 Å². The summed E-state index contributed by atoms with van der Waals surface area (Å²) in [4.78, 5) is 20.8. The molecule has 0 bridgehead atoms. The maximum Gasteiger partial charge on any atom is 0.336 e. The lowest BCUT2D eigenvalue weighted by atomic mass is 10.3. The maximum atomic E-state index is 10.7. The van der Waals surface area contributed by atoms with Gasteiger partial charge in [0.15, 0.2) is 6.10 Å². The Morgan fingerprint density at radius 3 is 2.67 bits per heavy atom. The molecule has 0 heterocycles. The second kappa shape index (κ2) is 5.36. The number of rotatable bonds is 4. The number of primary amides is 1. The van der Waals surface area contributed by atoms with Gasteiger partial charge in [-0.2, -0.15) is 0 Å². The number of aliphatic hydroxyl groups is 1. The van der Waals surface area contributed by atoms with Gasteiger partial charge < -0.3 is 20.9 Å². The predicted octanol–water partition coefficient (Wildman–Crippen LogP) is -1.42. The van der Waals surface area contributed by atoms with Crippen LogP contribution in [0.25, 0.3) is 0 Å². The van der Waals surface area contributed by atoms with E-state index in [0.29, 0.717) is 0 Å². The van der Waals surface area contributed by atoms with Crippen LogP contribution < -0.4 is 11.1 Å². The Hall–Kier alpha value is -1.30. The minimum Gasteiger partial charge on any atom is -0.464 e. The van der Waals surface area contributed by atoms with Crippen molar-refractivity contribution >= 4 is 12.0 Å². The van der Waals surface area contributed by atoms with Gasteiger partial charge in [0.1, 0.15) is 0 Å². The first kappa shape index (κ1) is 10.7. The lowest BCUT2D eigenvalue weighted by Gasteiger charge is -2.08. The molecule has 0 saturated carbocycles. The van der Waals surface area contributed by atoms with Crippen LogP contribution in [-0.2, 0) is 9.53 Å². The van der Waals surface area contributed by atoms with Crippen LogP contribution in [0.5, 0.6) is 0 Å². The molecule has 0 aromatic heterocycles. The van der Waals surface area contributed by atoms with Gasteiger partial charge in [-0.15, -0.1) is 0 Å². The third kappa shape index (κ3) is 4.51. The quantitative estimate of drug-likeness (QED) is 0.457. The van der Waals surface area contributed by atoms with Crippen molar-refractivity contribution in [1.29, 1.82) is 0 Å². The predicted molar refractivity (Wildman–Crippen MR) is 40.2 cm³/mol. The lowest BCUT2D eigenvalue weighted by molar-refractivity contribution is -0.152. The highest BCUT2D eigenvalue weighted by Gasteiger charge is 2.15. The van der Waals surface area contributed by atoms with Crippen LogP contribution in [0.1, 0.15) is 6.92 Å². The Balaban J connectivity index is 3.63. The standard InChI is InChI=1S/C6H12N2O4/c1-2-12-5(10)4(9)3-8-6(7)11/h4,9H,2-3H2,1H3,(H3,7,8,11). The Kier molecular flexibility index (Phi) is 4.78. The van der Waals surface area contributed by atoms with E-state index in [0.717, 1.165) is 0 Å². The van der Waals surface area contributed by atoms with Crippen molar-refractivity contribution in [3.05, 3.63) is 0 Å². The van der Waals surface area contributed by atoms with Crippen molar-refractivity contribution < 1.29 is 19.4 Å². The molecule has 0 spiro atoms. The molecule has 6 heteroatoms. The topological polar surface area (TPSA) is 102 Å². The molecule has 0 rings (SSSR count). The van der Waals surface area contributed by atoms with Crippen molar-refractivity contribution in [3.63, 3.8) is 0 Å². The monoisotopic (exact) mass is 176 g/mol. The molecule has 6 nitrogen and oxygen atoms in total. The zero-order valence-electron chi connectivity index (χ0n) is 6.74. The average Bonchev–Trinajstić information content (AvgIpc) is 2.00. The highest BCUT2D eigenvalue weighted by Crippen LogP contribution is 1.86. The van der Waals surface area contributed by atoms with E-state index in [1.807, 2.05) is 0 Å². The van der Waals surface area contributed by atoms with Gasteiger partial charge in [0.2, 0.25) is 0 Å². The number of amides is 2. The van der Waals surface area contributed by atoms with Gasteiger partial charge in [-0.25, -0.2) is 9.59 Å². The summed E-state index contributed by atoms with van der Waals surface area (Å²) in [6.07, 6.45) is -1.35. The number of nitrogens with one attached hydrogen (secondary N) is 1. The number of hydrogen-bond acceptors (Lipinski definition) is 4. The molecule has 0 fully saturated rings.